The Morgan fingerprint density at radius 1 is 1.67 bits per heavy atom. The van der Waals surface area contributed by atoms with Crippen molar-refractivity contribution in [1.29, 1.82) is 0 Å². The summed E-state index contributed by atoms with van der Waals surface area (Å²) in [6.07, 6.45) is 0.694. The Morgan fingerprint density at radius 2 is 2.44 bits per heavy atom. The molecule has 1 heterocycles. The highest BCUT2D eigenvalue weighted by Crippen LogP contribution is 2.15. The van der Waals surface area contributed by atoms with Gasteiger partial charge in [0.1, 0.15) is 5.01 Å². The van der Waals surface area contributed by atoms with Gasteiger partial charge in [-0.2, -0.15) is 0 Å². The third-order valence-electron chi connectivity index (χ3n) is 1.14. The Kier molecular flexibility index (Phi) is 2.91. The van der Waals surface area contributed by atoms with Gasteiger partial charge in [0.15, 0.2) is 6.29 Å². The first kappa shape index (κ1) is 7.47. The number of hydrogen-bond acceptors (Lipinski definition) is 3. The van der Waals surface area contributed by atoms with E-state index in [1.54, 1.807) is 0 Å². The average molecular weight is 196 g/mol. The Morgan fingerprint density at radius 3 is 2.89 bits per heavy atom. The third kappa shape index (κ3) is 2.21. The lowest BCUT2D eigenvalue weighted by atomic mass is 10.4. The zero-order valence-corrected chi connectivity index (χ0v) is 6.63. The molecule has 3 nitrogen and oxygen atoms in total. The van der Waals surface area contributed by atoms with Crippen molar-refractivity contribution in [3.63, 3.8) is 0 Å². The molecule has 0 amide bonds. The highest BCUT2D eigenvalue weighted by atomic mass is 79.9. The number of nitrogens with two attached hydrogens (primary N) is 1. The van der Waals surface area contributed by atoms with E-state index in [4.69, 9.17) is 15.2 Å². The first-order chi connectivity index (χ1) is 4.33. The fourth-order valence-corrected chi connectivity index (χ4v) is 1.12. The summed E-state index contributed by atoms with van der Waals surface area (Å²) in [5.41, 5.74) is 5.29. The highest BCUT2D eigenvalue weighted by molar-refractivity contribution is 9.09. The second-order valence-corrected chi connectivity index (χ2v) is 2.89. The molecule has 1 rings (SSSR count). The van der Waals surface area contributed by atoms with Gasteiger partial charge in [-0.25, -0.2) is 0 Å². The molecule has 0 bridgehead atoms. The quantitative estimate of drug-likeness (QED) is 0.618. The molecule has 1 aliphatic rings. The van der Waals surface area contributed by atoms with Crippen molar-refractivity contribution >= 4 is 15.9 Å². The standard InChI is InChI=1S/C5H10BrNO2/c6-4-1-2-8-5(3-7)9-4/h4-5H,1-3,7H2. The largest absolute Gasteiger partial charge is 0.351 e. The van der Waals surface area contributed by atoms with E-state index in [9.17, 15) is 0 Å². The van der Waals surface area contributed by atoms with E-state index in [-0.39, 0.29) is 11.3 Å². The van der Waals surface area contributed by atoms with E-state index in [0.29, 0.717) is 6.54 Å². The summed E-state index contributed by atoms with van der Waals surface area (Å²) in [5, 5.41) is 0.125. The van der Waals surface area contributed by atoms with Gasteiger partial charge in [0.05, 0.1) is 6.61 Å². The lowest BCUT2D eigenvalue weighted by Crippen LogP contribution is -2.34. The Bertz CT molecular complexity index is 91.0. The molecule has 4 heteroatoms. The normalized spacial score (nSPS) is 36.7. The molecule has 0 aliphatic carbocycles. The summed E-state index contributed by atoms with van der Waals surface area (Å²) in [7, 11) is 0. The maximum absolute atomic E-state index is 5.29. The van der Waals surface area contributed by atoms with Gasteiger partial charge >= 0.3 is 0 Å². The van der Waals surface area contributed by atoms with Crippen LogP contribution in [0, 0.1) is 0 Å². The van der Waals surface area contributed by atoms with Crippen LogP contribution in [0.5, 0.6) is 0 Å². The van der Waals surface area contributed by atoms with Crippen LogP contribution in [-0.2, 0) is 9.47 Å². The molecule has 1 fully saturated rings. The first-order valence-corrected chi connectivity index (χ1v) is 3.85. The van der Waals surface area contributed by atoms with Gasteiger partial charge < -0.3 is 15.2 Å². The molecule has 0 aromatic heterocycles. The van der Waals surface area contributed by atoms with Crippen LogP contribution >= 0.6 is 15.9 Å². The van der Waals surface area contributed by atoms with Gasteiger partial charge in [0.2, 0.25) is 0 Å². The molecule has 9 heavy (non-hydrogen) atoms. The smallest absolute Gasteiger partial charge is 0.171 e. The second kappa shape index (κ2) is 3.51. The predicted octanol–water partition coefficient (Wildman–Crippen LogP) is 0.429. The van der Waals surface area contributed by atoms with E-state index in [0.717, 1.165) is 13.0 Å². The molecule has 1 saturated heterocycles. The highest BCUT2D eigenvalue weighted by Gasteiger charge is 2.18. The maximum Gasteiger partial charge on any atom is 0.171 e. The summed E-state index contributed by atoms with van der Waals surface area (Å²) in [6.45, 7) is 1.17. The number of hydrogen-bond donors (Lipinski definition) is 1. The van der Waals surface area contributed by atoms with E-state index in [1.807, 2.05) is 0 Å². The Balaban J connectivity index is 2.23. The van der Waals surface area contributed by atoms with Crippen LogP contribution in [0.15, 0.2) is 0 Å². The van der Waals surface area contributed by atoms with Crippen molar-refractivity contribution < 1.29 is 9.47 Å². The molecule has 54 valence electrons. The van der Waals surface area contributed by atoms with Crippen LogP contribution in [0.3, 0.4) is 0 Å². The van der Waals surface area contributed by atoms with Crippen LogP contribution in [0.25, 0.3) is 0 Å². The molecule has 2 atom stereocenters. The van der Waals surface area contributed by atoms with Crippen molar-refractivity contribution in [2.75, 3.05) is 13.2 Å². The molecule has 0 aromatic carbocycles. The van der Waals surface area contributed by atoms with E-state index in [1.165, 1.54) is 0 Å². The van der Waals surface area contributed by atoms with Crippen molar-refractivity contribution in [2.45, 2.75) is 17.7 Å². The van der Waals surface area contributed by atoms with Crippen LogP contribution < -0.4 is 5.73 Å². The monoisotopic (exact) mass is 195 g/mol. The van der Waals surface area contributed by atoms with Gasteiger partial charge in [-0.3, -0.25) is 0 Å². The Hall–Kier alpha value is 0.360. The zero-order valence-electron chi connectivity index (χ0n) is 5.05. The fraction of sp³-hybridized carbons (Fsp3) is 1.00. The summed E-state index contributed by atoms with van der Waals surface area (Å²) in [6, 6.07) is 0. The van der Waals surface area contributed by atoms with Gasteiger partial charge in [-0.05, 0) is 0 Å². The minimum atomic E-state index is -0.205. The number of halogens is 1. The molecule has 0 aromatic rings. The fourth-order valence-electron chi connectivity index (χ4n) is 0.688. The number of rotatable bonds is 1. The molecule has 1 aliphatic heterocycles. The van der Waals surface area contributed by atoms with Crippen LogP contribution in [0.2, 0.25) is 0 Å². The molecule has 0 spiro atoms. The summed E-state index contributed by atoms with van der Waals surface area (Å²) < 4.78 is 10.3. The summed E-state index contributed by atoms with van der Waals surface area (Å²) in [4.78, 5) is 0. The topological polar surface area (TPSA) is 44.5 Å². The van der Waals surface area contributed by atoms with Crippen molar-refractivity contribution in [3.8, 4) is 0 Å². The molecular weight excluding hydrogens is 186 g/mol. The van der Waals surface area contributed by atoms with Crippen molar-refractivity contribution in [2.24, 2.45) is 5.73 Å². The Labute approximate surface area is 62.6 Å². The first-order valence-electron chi connectivity index (χ1n) is 2.94. The maximum atomic E-state index is 5.29. The zero-order chi connectivity index (χ0) is 6.69. The lowest BCUT2D eigenvalue weighted by molar-refractivity contribution is -0.180. The molecule has 2 unspecified atom stereocenters. The minimum Gasteiger partial charge on any atom is -0.351 e. The van der Waals surface area contributed by atoms with Crippen molar-refractivity contribution in [1.82, 2.24) is 0 Å². The van der Waals surface area contributed by atoms with E-state index >= 15 is 0 Å². The van der Waals surface area contributed by atoms with E-state index < -0.39 is 0 Å². The number of alkyl halides is 1. The van der Waals surface area contributed by atoms with Gasteiger partial charge in [-0.1, -0.05) is 15.9 Å². The SMILES string of the molecule is NCC1OCCC(Br)O1. The average Bonchev–Trinajstić information content (AvgIpc) is 1.88. The van der Waals surface area contributed by atoms with Crippen molar-refractivity contribution in [3.05, 3.63) is 0 Å². The molecular formula is C5H10BrNO2. The third-order valence-corrected chi connectivity index (χ3v) is 1.81. The number of ether oxygens (including phenoxy) is 2. The van der Waals surface area contributed by atoms with Gasteiger partial charge in [0, 0.05) is 13.0 Å². The second-order valence-electron chi connectivity index (χ2n) is 1.87. The van der Waals surface area contributed by atoms with Crippen LogP contribution in [0.4, 0.5) is 0 Å². The molecule has 0 radical (unpaired) electrons. The van der Waals surface area contributed by atoms with Gasteiger partial charge in [-0.15, -0.1) is 0 Å². The summed E-state index contributed by atoms with van der Waals surface area (Å²) >= 11 is 3.31. The summed E-state index contributed by atoms with van der Waals surface area (Å²) in [5.74, 6) is 0. The van der Waals surface area contributed by atoms with Crippen LogP contribution in [-0.4, -0.2) is 24.5 Å². The minimum absolute atomic E-state index is 0.125. The van der Waals surface area contributed by atoms with E-state index in [2.05, 4.69) is 15.9 Å². The molecule has 2 N–H and O–H groups in total. The van der Waals surface area contributed by atoms with Crippen LogP contribution in [0.1, 0.15) is 6.42 Å². The van der Waals surface area contributed by atoms with Gasteiger partial charge in [0.25, 0.3) is 0 Å². The molecule has 0 saturated carbocycles. The lowest BCUT2D eigenvalue weighted by Gasteiger charge is -2.25. The predicted molar refractivity (Wildman–Crippen MR) is 37.2 cm³/mol.